The van der Waals surface area contributed by atoms with Crippen molar-refractivity contribution in [3.63, 3.8) is 0 Å². The van der Waals surface area contributed by atoms with Crippen molar-refractivity contribution in [2.45, 2.75) is 32.8 Å². The molecular weight excluding hydrogens is 490 g/mol. The van der Waals surface area contributed by atoms with Gasteiger partial charge in [-0.05, 0) is 44.4 Å². The predicted molar refractivity (Wildman–Crippen MR) is 139 cm³/mol. The van der Waals surface area contributed by atoms with Crippen LogP contribution in [-0.4, -0.2) is 39.7 Å². The highest BCUT2D eigenvalue weighted by atomic mass is 16.6. The Bertz CT molecular complexity index is 1380. The molecule has 10 heteroatoms. The summed E-state index contributed by atoms with van der Waals surface area (Å²) in [4.78, 5) is 49.6. The van der Waals surface area contributed by atoms with Gasteiger partial charge in [0.05, 0.1) is 15.4 Å². The summed E-state index contributed by atoms with van der Waals surface area (Å²) in [5.41, 5.74) is 1.54. The molecule has 1 heterocycles. The Balaban J connectivity index is 1.53. The number of hydrogen-bond acceptors (Lipinski definition) is 7. The summed E-state index contributed by atoms with van der Waals surface area (Å²) in [6.45, 7) is 3.87. The number of hydrogen-bond donors (Lipinski definition) is 0. The number of carbonyl (C=O) groups is 2. The van der Waals surface area contributed by atoms with E-state index < -0.39 is 21.9 Å². The summed E-state index contributed by atoms with van der Waals surface area (Å²) in [5.74, 6) is -1.02. The third kappa shape index (κ3) is 5.39. The normalized spacial score (nSPS) is 14.5. The molecule has 0 spiro atoms. The summed E-state index contributed by atoms with van der Waals surface area (Å²) in [5, 5.41) is 22.6. The topological polar surface area (TPSA) is 133 Å². The SMILES string of the molecule is Cc1c(C(=O)OC(c2ccccc2)C2CCN(C(=O)c3cccc([N+](=O)[O-])c3C)CC2)cccc1[N+](=O)[O-]. The maximum absolute atomic E-state index is 13.2. The number of nitro groups is 2. The molecule has 0 bridgehead atoms. The Labute approximate surface area is 219 Å². The molecule has 1 amide bonds. The standard InChI is InChI=1S/C28H27N3O7/c1-18-22(10-6-12-24(18)30(34)35)27(32)29-16-14-21(15-17-29)26(20-8-4-3-5-9-20)38-28(33)23-11-7-13-25(19(23)2)31(36)37/h3-13,21,26H,14-17H2,1-2H3. The maximum atomic E-state index is 13.2. The first-order chi connectivity index (χ1) is 18.2. The smallest absolute Gasteiger partial charge is 0.339 e. The van der Waals surface area contributed by atoms with E-state index in [9.17, 15) is 29.8 Å². The molecule has 0 aromatic heterocycles. The van der Waals surface area contributed by atoms with Crippen LogP contribution in [0.3, 0.4) is 0 Å². The van der Waals surface area contributed by atoms with Crippen molar-refractivity contribution in [3.8, 4) is 0 Å². The van der Waals surface area contributed by atoms with Gasteiger partial charge in [0, 0.05) is 47.8 Å². The van der Waals surface area contributed by atoms with Gasteiger partial charge >= 0.3 is 5.97 Å². The van der Waals surface area contributed by atoms with Crippen molar-refractivity contribution in [1.29, 1.82) is 0 Å². The monoisotopic (exact) mass is 517 g/mol. The van der Waals surface area contributed by atoms with E-state index in [4.69, 9.17) is 4.74 Å². The van der Waals surface area contributed by atoms with Gasteiger partial charge in [0.25, 0.3) is 17.3 Å². The Morgan fingerprint density at radius 1 is 0.816 bits per heavy atom. The molecule has 1 aliphatic heterocycles. The molecule has 4 rings (SSSR count). The first-order valence-corrected chi connectivity index (χ1v) is 12.2. The third-order valence-corrected chi connectivity index (χ3v) is 7.07. The second-order valence-electron chi connectivity index (χ2n) is 9.28. The molecular formula is C28H27N3O7. The lowest BCUT2D eigenvalue weighted by Crippen LogP contribution is -2.40. The molecule has 0 radical (unpaired) electrons. The summed E-state index contributed by atoms with van der Waals surface area (Å²) >= 11 is 0. The average Bonchev–Trinajstić information content (AvgIpc) is 2.91. The van der Waals surface area contributed by atoms with Crippen molar-refractivity contribution in [1.82, 2.24) is 4.90 Å². The molecule has 38 heavy (non-hydrogen) atoms. The van der Waals surface area contributed by atoms with Crippen LogP contribution in [0.15, 0.2) is 66.7 Å². The van der Waals surface area contributed by atoms with Gasteiger partial charge in [-0.15, -0.1) is 0 Å². The maximum Gasteiger partial charge on any atom is 0.339 e. The van der Waals surface area contributed by atoms with Gasteiger partial charge in [0.15, 0.2) is 0 Å². The van der Waals surface area contributed by atoms with Crippen molar-refractivity contribution in [2.24, 2.45) is 5.92 Å². The van der Waals surface area contributed by atoms with Gasteiger partial charge in [0.1, 0.15) is 6.10 Å². The lowest BCUT2D eigenvalue weighted by atomic mass is 9.87. The van der Waals surface area contributed by atoms with Crippen molar-refractivity contribution in [3.05, 3.63) is 115 Å². The number of rotatable bonds is 7. The van der Waals surface area contributed by atoms with Crippen LogP contribution >= 0.6 is 0 Å². The number of benzene rings is 3. The zero-order valence-corrected chi connectivity index (χ0v) is 21.0. The summed E-state index contributed by atoms with van der Waals surface area (Å²) in [7, 11) is 0. The molecule has 1 aliphatic rings. The van der Waals surface area contributed by atoms with Gasteiger partial charge < -0.3 is 9.64 Å². The second-order valence-corrected chi connectivity index (χ2v) is 9.28. The van der Waals surface area contributed by atoms with Crippen LogP contribution in [0.2, 0.25) is 0 Å². The fourth-order valence-corrected chi connectivity index (χ4v) is 4.93. The van der Waals surface area contributed by atoms with Crippen molar-refractivity contribution in [2.75, 3.05) is 13.1 Å². The number of esters is 1. The van der Waals surface area contributed by atoms with E-state index >= 15 is 0 Å². The lowest BCUT2D eigenvalue weighted by Gasteiger charge is -2.36. The van der Waals surface area contributed by atoms with Crippen LogP contribution in [0.4, 0.5) is 11.4 Å². The third-order valence-electron chi connectivity index (χ3n) is 7.07. The molecule has 0 aliphatic carbocycles. The first kappa shape index (κ1) is 26.5. The Kier molecular flexibility index (Phi) is 7.80. The van der Waals surface area contributed by atoms with Gasteiger partial charge in [-0.25, -0.2) is 4.79 Å². The largest absolute Gasteiger partial charge is 0.454 e. The molecule has 3 aromatic carbocycles. The van der Waals surface area contributed by atoms with E-state index in [-0.39, 0.29) is 34.3 Å². The van der Waals surface area contributed by atoms with Crippen molar-refractivity contribution >= 4 is 23.3 Å². The predicted octanol–water partition coefficient (Wildman–Crippen LogP) is 5.57. The zero-order valence-electron chi connectivity index (χ0n) is 21.0. The van der Waals surface area contributed by atoms with Crippen LogP contribution in [0.1, 0.15) is 56.4 Å². The minimum atomic E-state index is -0.647. The molecule has 0 N–H and O–H groups in total. The van der Waals surface area contributed by atoms with Crippen LogP contribution in [0, 0.1) is 40.0 Å². The first-order valence-electron chi connectivity index (χ1n) is 12.2. The minimum absolute atomic E-state index is 0.0989. The molecule has 1 saturated heterocycles. The number of nitro benzene ring substituents is 2. The van der Waals surface area contributed by atoms with E-state index in [2.05, 4.69) is 0 Å². The Morgan fingerprint density at radius 2 is 1.34 bits per heavy atom. The number of nitrogens with zero attached hydrogens (tertiary/aromatic N) is 3. The van der Waals surface area contributed by atoms with Gasteiger partial charge in [-0.1, -0.05) is 42.5 Å². The Morgan fingerprint density at radius 3 is 1.89 bits per heavy atom. The quantitative estimate of drug-likeness (QED) is 0.227. The summed E-state index contributed by atoms with van der Waals surface area (Å²) in [6, 6.07) is 18.1. The number of ether oxygens (including phenoxy) is 1. The highest BCUT2D eigenvalue weighted by Gasteiger charge is 2.34. The zero-order chi connectivity index (χ0) is 27.4. The van der Waals surface area contributed by atoms with Crippen LogP contribution in [0.25, 0.3) is 0 Å². The van der Waals surface area contributed by atoms with E-state index in [1.54, 1.807) is 17.9 Å². The molecule has 0 saturated carbocycles. The molecule has 1 atom stereocenters. The molecule has 1 unspecified atom stereocenters. The molecule has 196 valence electrons. The van der Waals surface area contributed by atoms with E-state index in [1.165, 1.54) is 37.3 Å². The highest BCUT2D eigenvalue weighted by Crippen LogP contribution is 2.36. The second kappa shape index (κ2) is 11.2. The number of amides is 1. The fraction of sp³-hybridized carbons (Fsp3) is 0.286. The molecule has 3 aromatic rings. The van der Waals surface area contributed by atoms with Crippen LogP contribution in [-0.2, 0) is 4.74 Å². The molecule has 1 fully saturated rings. The highest BCUT2D eigenvalue weighted by molar-refractivity contribution is 5.96. The van der Waals surface area contributed by atoms with Gasteiger partial charge in [-0.3, -0.25) is 25.0 Å². The van der Waals surface area contributed by atoms with E-state index in [0.29, 0.717) is 37.1 Å². The Hall–Kier alpha value is -4.60. The van der Waals surface area contributed by atoms with Crippen LogP contribution in [0.5, 0.6) is 0 Å². The number of likely N-dealkylation sites (tertiary alicyclic amines) is 1. The van der Waals surface area contributed by atoms with Crippen LogP contribution < -0.4 is 0 Å². The average molecular weight is 518 g/mol. The lowest BCUT2D eigenvalue weighted by molar-refractivity contribution is -0.385. The summed E-state index contributed by atoms with van der Waals surface area (Å²) < 4.78 is 5.98. The van der Waals surface area contributed by atoms with Gasteiger partial charge in [-0.2, -0.15) is 0 Å². The van der Waals surface area contributed by atoms with E-state index in [0.717, 1.165) is 5.56 Å². The van der Waals surface area contributed by atoms with Gasteiger partial charge in [0.2, 0.25) is 0 Å². The number of piperidine rings is 1. The van der Waals surface area contributed by atoms with Crippen molar-refractivity contribution < 1.29 is 24.2 Å². The fourth-order valence-electron chi connectivity index (χ4n) is 4.93. The summed E-state index contributed by atoms with van der Waals surface area (Å²) in [6.07, 6.45) is 0.472. The number of carbonyl (C=O) groups excluding carboxylic acids is 2. The minimum Gasteiger partial charge on any atom is -0.454 e. The van der Waals surface area contributed by atoms with E-state index in [1.807, 2.05) is 30.3 Å². The molecule has 10 nitrogen and oxygen atoms in total.